The Balaban J connectivity index is 2.83. The fourth-order valence-electron chi connectivity index (χ4n) is 2.79. The lowest BCUT2D eigenvalue weighted by Gasteiger charge is -2.14. The molecule has 0 radical (unpaired) electrons. The topological polar surface area (TPSA) is 60.2 Å². The van der Waals surface area contributed by atoms with E-state index >= 15 is 0 Å². The number of hydrogen-bond donors (Lipinski definition) is 1. The lowest BCUT2D eigenvalue weighted by molar-refractivity contribution is -0.114. The first-order chi connectivity index (χ1) is 10.1. The van der Waals surface area contributed by atoms with Gasteiger partial charge in [-0.15, -0.1) is 0 Å². The fraction of sp³-hybridized carbons (Fsp3) is 0.222. The molecular formula is C18H19NO2. The van der Waals surface area contributed by atoms with E-state index in [2.05, 4.69) is 0 Å². The summed E-state index contributed by atoms with van der Waals surface area (Å²) in [5, 5.41) is 1.88. The maximum atomic E-state index is 11.7. The first-order valence-electron chi connectivity index (χ1n) is 7.13. The molecule has 0 unspecified atom stereocenters. The number of amides is 1. The highest BCUT2D eigenvalue weighted by Crippen LogP contribution is 2.31. The van der Waals surface area contributed by atoms with Gasteiger partial charge >= 0.3 is 0 Å². The van der Waals surface area contributed by atoms with Crippen molar-refractivity contribution in [3.8, 4) is 0 Å². The minimum absolute atomic E-state index is 0.377. The van der Waals surface area contributed by atoms with E-state index in [9.17, 15) is 9.59 Å². The second-order valence-corrected chi connectivity index (χ2v) is 4.89. The average molecular weight is 281 g/mol. The molecule has 2 N–H and O–H groups in total. The van der Waals surface area contributed by atoms with Crippen LogP contribution in [0.1, 0.15) is 42.6 Å². The zero-order valence-electron chi connectivity index (χ0n) is 12.3. The van der Waals surface area contributed by atoms with Gasteiger partial charge in [0.25, 0.3) is 0 Å². The van der Waals surface area contributed by atoms with Gasteiger partial charge in [0, 0.05) is 11.1 Å². The Morgan fingerprint density at radius 2 is 1.71 bits per heavy atom. The Labute approximate surface area is 124 Å². The van der Waals surface area contributed by atoms with Crippen molar-refractivity contribution in [3.05, 3.63) is 53.1 Å². The molecule has 0 spiro atoms. The van der Waals surface area contributed by atoms with E-state index in [1.807, 2.05) is 44.2 Å². The summed E-state index contributed by atoms with van der Waals surface area (Å²) < 4.78 is 0. The molecule has 0 saturated carbocycles. The van der Waals surface area contributed by atoms with Crippen LogP contribution < -0.4 is 5.73 Å². The van der Waals surface area contributed by atoms with Crippen LogP contribution in [0.5, 0.6) is 0 Å². The SMILES string of the molecule is CCC(C(N)=O)=C(CC)c1ccc(C=O)c2ccccc12. The van der Waals surface area contributed by atoms with Gasteiger partial charge in [0.05, 0.1) is 0 Å². The number of nitrogens with two attached hydrogens (primary N) is 1. The summed E-state index contributed by atoms with van der Waals surface area (Å²) in [5.41, 5.74) is 8.75. The second-order valence-electron chi connectivity index (χ2n) is 4.89. The normalized spacial score (nSPS) is 12.1. The van der Waals surface area contributed by atoms with Crippen LogP contribution >= 0.6 is 0 Å². The van der Waals surface area contributed by atoms with Gasteiger partial charge in [-0.25, -0.2) is 0 Å². The van der Waals surface area contributed by atoms with Gasteiger partial charge < -0.3 is 5.73 Å². The number of carbonyl (C=O) groups is 2. The summed E-state index contributed by atoms with van der Waals surface area (Å²) in [7, 11) is 0. The molecule has 2 rings (SSSR count). The van der Waals surface area contributed by atoms with Crippen molar-refractivity contribution in [3.63, 3.8) is 0 Å². The van der Waals surface area contributed by atoms with Crippen molar-refractivity contribution in [2.45, 2.75) is 26.7 Å². The van der Waals surface area contributed by atoms with Gasteiger partial charge in [-0.1, -0.05) is 50.2 Å². The standard InChI is InChI=1S/C18H19NO2/c1-3-13(14(4-2)18(19)21)17-10-9-12(11-20)15-7-5-6-8-16(15)17/h5-11H,3-4H2,1-2H3,(H2,19,21). The zero-order valence-corrected chi connectivity index (χ0v) is 12.3. The molecule has 0 bridgehead atoms. The number of carbonyl (C=O) groups excluding carboxylic acids is 2. The minimum Gasteiger partial charge on any atom is -0.366 e. The van der Waals surface area contributed by atoms with E-state index in [0.717, 1.165) is 34.6 Å². The van der Waals surface area contributed by atoms with Crippen LogP contribution in [-0.2, 0) is 4.79 Å². The van der Waals surface area contributed by atoms with Gasteiger partial charge in [-0.3, -0.25) is 9.59 Å². The molecule has 0 fully saturated rings. The van der Waals surface area contributed by atoms with E-state index in [0.29, 0.717) is 17.6 Å². The van der Waals surface area contributed by atoms with Crippen LogP contribution in [0, 0.1) is 0 Å². The third-order valence-corrected chi connectivity index (χ3v) is 3.78. The predicted molar refractivity (Wildman–Crippen MR) is 86.0 cm³/mol. The molecule has 3 nitrogen and oxygen atoms in total. The molecule has 0 heterocycles. The number of allylic oxidation sites excluding steroid dienone is 1. The molecular weight excluding hydrogens is 262 g/mol. The monoisotopic (exact) mass is 281 g/mol. The van der Waals surface area contributed by atoms with Crippen LogP contribution in [0.15, 0.2) is 42.0 Å². The molecule has 0 aromatic heterocycles. The van der Waals surface area contributed by atoms with Gasteiger partial charge in [-0.05, 0) is 34.8 Å². The molecule has 0 saturated heterocycles. The summed E-state index contributed by atoms with van der Waals surface area (Å²) in [6, 6.07) is 11.4. The maximum Gasteiger partial charge on any atom is 0.244 e. The molecule has 3 heteroatoms. The summed E-state index contributed by atoms with van der Waals surface area (Å²) in [6.45, 7) is 3.94. The Morgan fingerprint density at radius 1 is 1.05 bits per heavy atom. The van der Waals surface area contributed by atoms with Crippen molar-refractivity contribution in [1.29, 1.82) is 0 Å². The lowest BCUT2D eigenvalue weighted by Crippen LogP contribution is -2.15. The predicted octanol–water partition coefficient (Wildman–Crippen LogP) is 3.71. The average Bonchev–Trinajstić information content (AvgIpc) is 2.51. The molecule has 2 aromatic rings. The maximum absolute atomic E-state index is 11.7. The largest absolute Gasteiger partial charge is 0.366 e. The van der Waals surface area contributed by atoms with Crippen LogP contribution in [-0.4, -0.2) is 12.2 Å². The van der Waals surface area contributed by atoms with Crippen LogP contribution in [0.4, 0.5) is 0 Å². The van der Waals surface area contributed by atoms with E-state index in [4.69, 9.17) is 5.73 Å². The smallest absolute Gasteiger partial charge is 0.244 e. The molecule has 0 atom stereocenters. The number of hydrogen-bond acceptors (Lipinski definition) is 2. The Morgan fingerprint density at radius 3 is 2.24 bits per heavy atom. The van der Waals surface area contributed by atoms with Crippen LogP contribution in [0.2, 0.25) is 0 Å². The van der Waals surface area contributed by atoms with Crippen LogP contribution in [0.3, 0.4) is 0 Å². The highest BCUT2D eigenvalue weighted by molar-refractivity contribution is 6.07. The first-order valence-corrected chi connectivity index (χ1v) is 7.13. The number of benzene rings is 2. The summed E-state index contributed by atoms with van der Waals surface area (Å²) in [4.78, 5) is 22.9. The van der Waals surface area contributed by atoms with Crippen molar-refractivity contribution < 1.29 is 9.59 Å². The number of primary amides is 1. The molecule has 0 aliphatic rings. The van der Waals surface area contributed by atoms with Crippen LogP contribution in [0.25, 0.3) is 16.3 Å². The molecule has 108 valence electrons. The highest BCUT2D eigenvalue weighted by Gasteiger charge is 2.14. The Kier molecular flexibility index (Phi) is 4.53. The lowest BCUT2D eigenvalue weighted by atomic mass is 9.90. The third kappa shape index (κ3) is 2.72. The quantitative estimate of drug-likeness (QED) is 0.671. The fourth-order valence-corrected chi connectivity index (χ4v) is 2.79. The van der Waals surface area contributed by atoms with E-state index in [1.165, 1.54) is 0 Å². The summed E-state index contributed by atoms with van der Waals surface area (Å²) >= 11 is 0. The molecule has 21 heavy (non-hydrogen) atoms. The Bertz CT molecular complexity index is 729. The highest BCUT2D eigenvalue weighted by atomic mass is 16.1. The van der Waals surface area contributed by atoms with Crippen molar-refractivity contribution >= 4 is 28.5 Å². The zero-order chi connectivity index (χ0) is 15.4. The molecule has 0 aliphatic heterocycles. The van der Waals surface area contributed by atoms with E-state index < -0.39 is 0 Å². The van der Waals surface area contributed by atoms with Crippen molar-refractivity contribution in [2.75, 3.05) is 0 Å². The van der Waals surface area contributed by atoms with Gasteiger partial charge in [0.1, 0.15) is 0 Å². The van der Waals surface area contributed by atoms with E-state index in [1.54, 1.807) is 6.07 Å². The van der Waals surface area contributed by atoms with Crippen molar-refractivity contribution in [2.24, 2.45) is 5.73 Å². The molecule has 1 amide bonds. The number of fused-ring (bicyclic) bond motifs is 1. The molecule has 2 aromatic carbocycles. The number of aldehydes is 1. The second kappa shape index (κ2) is 6.35. The Hall–Kier alpha value is -2.42. The minimum atomic E-state index is -0.377. The van der Waals surface area contributed by atoms with E-state index in [-0.39, 0.29) is 5.91 Å². The van der Waals surface area contributed by atoms with Crippen molar-refractivity contribution in [1.82, 2.24) is 0 Å². The third-order valence-electron chi connectivity index (χ3n) is 3.78. The van der Waals surface area contributed by atoms with Gasteiger partial charge in [-0.2, -0.15) is 0 Å². The number of rotatable bonds is 5. The summed E-state index contributed by atoms with van der Waals surface area (Å²) in [5.74, 6) is -0.377. The van der Waals surface area contributed by atoms with Gasteiger partial charge in [0.15, 0.2) is 6.29 Å². The van der Waals surface area contributed by atoms with Gasteiger partial charge in [0.2, 0.25) is 5.91 Å². The first kappa shape index (κ1) is 15.0. The molecule has 0 aliphatic carbocycles. The summed E-state index contributed by atoms with van der Waals surface area (Å²) in [6.07, 6.45) is 2.18.